The third-order valence-electron chi connectivity index (χ3n) is 2.95. The summed E-state index contributed by atoms with van der Waals surface area (Å²) in [6, 6.07) is 11.7. The summed E-state index contributed by atoms with van der Waals surface area (Å²) in [5.74, 6) is 1.07. The summed E-state index contributed by atoms with van der Waals surface area (Å²) in [5.41, 5.74) is 0. The molecule has 0 atom stereocenters. The van der Waals surface area contributed by atoms with Crippen molar-refractivity contribution in [2.75, 3.05) is 0 Å². The Hall–Kier alpha value is -2.41. The molecule has 0 bridgehead atoms. The maximum atomic E-state index is 12.3. The molecule has 2 heterocycles. The number of sulfone groups is 1. The van der Waals surface area contributed by atoms with E-state index in [-0.39, 0.29) is 16.5 Å². The summed E-state index contributed by atoms with van der Waals surface area (Å²) in [6.45, 7) is 1.74. The molecule has 0 spiro atoms. The molecule has 0 aliphatic heterocycles. The van der Waals surface area contributed by atoms with Crippen LogP contribution >= 0.6 is 0 Å². The fourth-order valence-electron chi connectivity index (χ4n) is 1.99. The van der Waals surface area contributed by atoms with Crippen LogP contribution in [0, 0.1) is 6.92 Å². The van der Waals surface area contributed by atoms with Crippen molar-refractivity contribution in [1.82, 2.24) is 14.8 Å². The number of nitrogens with zero attached hydrogens (tertiary/aromatic N) is 3. The number of benzene rings is 1. The van der Waals surface area contributed by atoms with Crippen LogP contribution < -0.4 is 0 Å². The van der Waals surface area contributed by atoms with Gasteiger partial charge in [-0.1, -0.05) is 18.2 Å². The van der Waals surface area contributed by atoms with E-state index >= 15 is 0 Å². The Morgan fingerprint density at radius 1 is 1.14 bits per heavy atom. The average molecular weight is 303 g/mol. The lowest BCUT2D eigenvalue weighted by molar-refractivity contribution is 0.516. The van der Waals surface area contributed by atoms with E-state index in [1.807, 2.05) is 0 Å². The Morgan fingerprint density at radius 2 is 1.90 bits per heavy atom. The molecular formula is C14H13N3O3S. The molecule has 3 rings (SSSR count). The van der Waals surface area contributed by atoms with Crippen LogP contribution in [0.5, 0.6) is 0 Å². The van der Waals surface area contributed by atoms with Crippen molar-refractivity contribution in [3.05, 3.63) is 60.4 Å². The van der Waals surface area contributed by atoms with Crippen LogP contribution in [0.3, 0.4) is 0 Å². The molecule has 0 unspecified atom stereocenters. The van der Waals surface area contributed by atoms with Crippen molar-refractivity contribution in [2.45, 2.75) is 17.6 Å². The van der Waals surface area contributed by atoms with Crippen LogP contribution in [-0.2, 0) is 15.6 Å². The summed E-state index contributed by atoms with van der Waals surface area (Å²) in [6.07, 6.45) is 1.52. The molecule has 2 aromatic heterocycles. The zero-order chi connectivity index (χ0) is 14.9. The normalized spacial score (nSPS) is 11.7. The third-order valence-corrected chi connectivity index (χ3v) is 4.58. The number of aromatic nitrogens is 3. The van der Waals surface area contributed by atoms with E-state index in [0.29, 0.717) is 11.7 Å². The van der Waals surface area contributed by atoms with Crippen molar-refractivity contribution in [2.24, 2.45) is 0 Å². The van der Waals surface area contributed by atoms with E-state index in [1.165, 1.54) is 10.9 Å². The van der Waals surface area contributed by atoms with Gasteiger partial charge in [-0.2, -0.15) is 4.68 Å². The second-order valence-corrected chi connectivity index (χ2v) is 6.50. The quantitative estimate of drug-likeness (QED) is 0.738. The first-order valence-electron chi connectivity index (χ1n) is 6.30. The summed E-state index contributed by atoms with van der Waals surface area (Å²) in [5, 5.41) is 4.20. The molecule has 0 aliphatic rings. The number of hydrogen-bond donors (Lipinski definition) is 0. The van der Waals surface area contributed by atoms with Crippen molar-refractivity contribution in [1.29, 1.82) is 0 Å². The summed E-state index contributed by atoms with van der Waals surface area (Å²) >= 11 is 0. The molecule has 7 heteroatoms. The lowest BCUT2D eigenvalue weighted by Crippen LogP contribution is -2.06. The van der Waals surface area contributed by atoms with Gasteiger partial charge in [0.05, 0.1) is 11.2 Å². The second-order valence-electron chi connectivity index (χ2n) is 4.51. The van der Waals surface area contributed by atoms with Gasteiger partial charge < -0.3 is 4.42 Å². The highest BCUT2D eigenvalue weighted by Gasteiger charge is 2.19. The van der Waals surface area contributed by atoms with E-state index in [4.69, 9.17) is 4.42 Å². The lowest BCUT2D eigenvalue weighted by Gasteiger charge is -2.00. The zero-order valence-electron chi connectivity index (χ0n) is 11.3. The monoisotopic (exact) mass is 303 g/mol. The maximum absolute atomic E-state index is 12.3. The van der Waals surface area contributed by atoms with Crippen molar-refractivity contribution < 1.29 is 12.8 Å². The average Bonchev–Trinajstić information content (AvgIpc) is 3.09. The molecule has 6 nitrogen and oxygen atoms in total. The van der Waals surface area contributed by atoms with E-state index < -0.39 is 9.84 Å². The molecule has 0 saturated carbocycles. The van der Waals surface area contributed by atoms with Gasteiger partial charge >= 0.3 is 0 Å². The standard InChI is InChI=1S/C14H13N3O3S/c1-11-15-13(16-17(11)14-8-5-9-20-14)10-21(18,19)12-6-3-2-4-7-12/h2-9H,10H2,1H3. The van der Waals surface area contributed by atoms with Crippen LogP contribution in [0.1, 0.15) is 11.6 Å². The minimum atomic E-state index is -3.45. The van der Waals surface area contributed by atoms with Gasteiger partial charge in [0.15, 0.2) is 15.7 Å². The smallest absolute Gasteiger partial charge is 0.221 e. The fraction of sp³-hybridized carbons (Fsp3) is 0.143. The third kappa shape index (κ3) is 2.73. The molecule has 1 aromatic carbocycles. The highest BCUT2D eigenvalue weighted by Crippen LogP contribution is 2.16. The number of furan rings is 1. The number of aryl methyl sites for hydroxylation is 1. The van der Waals surface area contributed by atoms with Crippen molar-refractivity contribution in [3.63, 3.8) is 0 Å². The molecule has 0 N–H and O–H groups in total. The van der Waals surface area contributed by atoms with E-state index in [2.05, 4.69) is 10.1 Å². The SMILES string of the molecule is Cc1nc(CS(=O)(=O)c2ccccc2)nn1-c1ccco1. The highest BCUT2D eigenvalue weighted by molar-refractivity contribution is 7.90. The predicted molar refractivity (Wildman–Crippen MR) is 75.7 cm³/mol. The van der Waals surface area contributed by atoms with Crippen LogP contribution in [0.25, 0.3) is 5.88 Å². The van der Waals surface area contributed by atoms with Crippen LogP contribution in [-0.4, -0.2) is 23.2 Å². The molecule has 0 radical (unpaired) electrons. The summed E-state index contributed by atoms with van der Waals surface area (Å²) < 4.78 is 31.3. The molecule has 3 aromatic rings. The zero-order valence-corrected chi connectivity index (χ0v) is 12.1. The van der Waals surface area contributed by atoms with E-state index in [1.54, 1.807) is 49.4 Å². The molecular weight excluding hydrogens is 290 g/mol. The first-order valence-corrected chi connectivity index (χ1v) is 7.96. The minimum Gasteiger partial charge on any atom is -0.447 e. The van der Waals surface area contributed by atoms with Gasteiger partial charge in [-0.05, 0) is 25.1 Å². The maximum Gasteiger partial charge on any atom is 0.221 e. The Morgan fingerprint density at radius 3 is 2.57 bits per heavy atom. The van der Waals surface area contributed by atoms with Gasteiger partial charge in [0.1, 0.15) is 11.6 Å². The molecule has 0 fully saturated rings. The van der Waals surface area contributed by atoms with Gasteiger partial charge in [-0.15, -0.1) is 5.10 Å². The minimum absolute atomic E-state index is 0.243. The molecule has 21 heavy (non-hydrogen) atoms. The number of rotatable bonds is 4. The van der Waals surface area contributed by atoms with Crippen LogP contribution in [0.15, 0.2) is 58.0 Å². The van der Waals surface area contributed by atoms with Gasteiger partial charge in [0, 0.05) is 6.07 Å². The Bertz CT molecular complexity index is 837. The van der Waals surface area contributed by atoms with Crippen LogP contribution in [0.4, 0.5) is 0 Å². The first kappa shape index (κ1) is 13.6. The largest absolute Gasteiger partial charge is 0.447 e. The van der Waals surface area contributed by atoms with Crippen molar-refractivity contribution >= 4 is 9.84 Å². The summed E-state index contributed by atoms with van der Waals surface area (Å²) in [4.78, 5) is 4.45. The van der Waals surface area contributed by atoms with E-state index in [0.717, 1.165) is 0 Å². The van der Waals surface area contributed by atoms with Crippen LogP contribution in [0.2, 0.25) is 0 Å². The highest BCUT2D eigenvalue weighted by atomic mass is 32.2. The number of hydrogen-bond acceptors (Lipinski definition) is 5. The molecule has 0 amide bonds. The lowest BCUT2D eigenvalue weighted by atomic mass is 10.4. The Balaban J connectivity index is 1.91. The van der Waals surface area contributed by atoms with Gasteiger partial charge in [-0.3, -0.25) is 0 Å². The van der Waals surface area contributed by atoms with Gasteiger partial charge in [0.2, 0.25) is 5.88 Å². The van der Waals surface area contributed by atoms with Gasteiger partial charge in [0.25, 0.3) is 0 Å². The topological polar surface area (TPSA) is 78.0 Å². The second kappa shape index (κ2) is 5.17. The molecule has 0 aliphatic carbocycles. The Labute approximate surface area is 122 Å². The first-order chi connectivity index (χ1) is 10.1. The summed E-state index contributed by atoms with van der Waals surface area (Å²) in [7, 11) is -3.45. The Kier molecular flexibility index (Phi) is 3.34. The molecule has 108 valence electrons. The van der Waals surface area contributed by atoms with Crippen molar-refractivity contribution in [3.8, 4) is 5.88 Å². The molecule has 0 saturated heterocycles. The fourth-order valence-corrected chi connectivity index (χ4v) is 3.19. The predicted octanol–water partition coefficient (Wildman–Crippen LogP) is 2.14. The van der Waals surface area contributed by atoms with Gasteiger partial charge in [-0.25, -0.2) is 13.4 Å². The van der Waals surface area contributed by atoms with E-state index in [9.17, 15) is 8.42 Å².